The number of rotatable bonds is 3. The number of hydrogen-bond acceptors (Lipinski definition) is 3. The van der Waals surface area contributed by atoms with Crippen molar-refractivity contribution in [1.29, 1.82) is 0 Å². The van der Waals surface area contributed by atoms with Gasteiger partial charge in [-0.05, 0) is 50.0 Å². The normalized spacial score (nSPS) is 20.6. The maximum absolute atomic E-state index is 6.00. The number of allylic oxidation sites excluding steroid dienone is 1. The van der Waals surface area contributed by atoms with E-state index in [2.05, 4.69) is 0 Å². The fraction of sp³-hybridized carbons (Fsp3) is 0.467. The monoisotopic (exact) mass is 246 g/mol. The Kier molecular flexibility index (Phi) is 2.90. The molecule has 1 atom stereocenters. The fourth-order valence-electron chi connectivity index (χ4n) is 2.19. The third kappa shape index (κ3) is 2.17. The zero-order valence-electron chi connectivity index (χ0n) is 10.9. The molecule has 3 nitrogen and oxygen atoms in total. The summed E-state index contributed by atoms with van der Waals surface area (Å²) in [5.74, 6) is 2.64. The number of ether oxygens (including phenoxy) is 3. The van der Waals surface area contributed by atoms with Crippen LogP contribution in [0.4, 0.5) is 0 Å². The molecule has 1 aliphatic heterocycles. The van der Waals surface area contributed by atoms with E-state index in [-0.39, 0.29) is 6.10 Å². The summed E-state index contributed by atoms with van der Waals surface area (Å²) in [7, 11) is 0. The average molecular weight is 246 g/mol. The van der Waals surface area contributed by atoms with Crippen LogP contribution in [0.2, 0.25) is 0 Å². The molecule has 1 unspecified atom stereocenters. The van der Waals surface area contributed by atoms with E-state index >= 15 is 0 Å². The van der Waals surface area contributed by atoms with Crippen molar-refractivity contribution in [3.05, 3.63) is 35.1 Å². The van der Waals surface area contributed by atoms with Crippen LogP contribution in [0.5, 0.6) is 11.5 Å². The van der Waals surface area contributed by atoms with Crippen LogP contribution in [0.25, 0.3) is 0 Å². The van der Waals surface area contributed by atoms with Gasteiger partial charge in [-0.1, -0.05) is 6.07 Å². The molecule has 1 fully saturated rings. The molecule has 0 radical (unpaired) electrons. The first-order valence-electron chi connectivity index (χ1n) is 6.52. The highest BCUT2D eigenvalue weighted by Crippen LogP contribution is 2.38. The lowest BCUT2D eigenvalue weighted by Crippen LogP contribution is -2.32. The summed E-state index contributed by atoms with van der Waals surface area (Å²) in [6, 6.07) is 6.02. The molecule has 1 aliphatic carbocycles. The molecule has 18 heavy (non-hydrogen) atoms. The van der Waals surface area contributed by atoms with Crippen molar-refractivity contribution in [2.24, 2.45) is 0 Å². The van der Waals surface area contributed by atoms with Gasteiger partial charge in [-0.2, -0.15) is 0 Å². The molecule has 0 spiro atoms. The topological polar surface area (TPSA) is 27.7 Å². The predicted molar refractivity (Wildman–Crippen MR) is 69.0 cm³/mol. The first-order valence-corrected chi connectivity index (χ1v) is 6.52. The van der Waals surface area contributed by atoms with Crippen LogP contribution >= 0.6 is 0 Å². The molecule has 0 N–H and O–H groups in total. The Labute approximate surface area is 107 Å². The fourth-order valence-corrected chi connectivity index (χ4v) is 2.19. The van der Waals surface area contributed by atoms with Gasteiger partial charge in [0.2, 0.25) is 0 Å². The van der Waals surface area contributed by atoms with Gasteiger partial charge in [0.1, 0.15) is 12.4 Å². The van der Waals surface area contributed by atoms with Gasteiger partial charge in [-0.15, -0.1) is 0 Å². The van der Waals surface area contributed by atoms with Crippen LogP contribution in [-0.4, -0.2) is 19.3 Å². The maximum Gasteiger partial charge on any atom is 0.189 e. The van der Waals surface area contributed by atoms with E-state index in [9.17, 15) is 0 Å². The van der Waals surface area contributed by atoms with Gasteiger partial charge in [0.05, 0.1) is 6.61 Å². The molecule has 1 aromatic rings. The van der Waals surface area contributed by atoms with Crippen molar-refractivity contribution in [3.8, 4) is 11.5 Å². The number of aryl methyl sites for hydroxylation is 1. The highest BCUT2D eigenvalue weighted by molar-refractivity contribution is 5.44. The van der Waals surface area contributed by atoms with E-state index in [1.807, 2.05) is 32.0 Å². The maximum atomic E-state index is 6.00. The molecule has 3 heteroatoms. The summed E-state index contributed by atoms with van der Waals surface area (Å²) in [4.78, 5) is 0. The van der Waals surface area contributed by atoms with Gasteiger partial charge in [-0.25, -0.2) is 0 Å². The van der Waals surface area contributed by atoms with Crippen molar-refractivity contribution in [1.82, 2.24) is 0 Å². The summed E-state index contributed by atoms with van der Waals surface area (Å²) >= 11 is 0. The molecular weight excluding hydrogens is 228 g/mol. The van der Waals surface area contributed by atoms with Crippen LogP contribution in [0.1, 0.15) is 25.3 Å². The zero-order chi connectivity index (χ0) is 12.5. The number of benzene rings is 1. The van der Waals surface area contributed by atoms with Gasteiger partial charge >= 0.3 is 0 Å². The molecule has 1 aromatic carbocycles. The Morgan fingerprint density at radius 2 is 2.17 bits per heavy atom. The van der Waals surface area contributed by atoms with Crippen LogP contribution in [0, 0.1) is 6.92 Å². The largest absolute Gasteiger partial charge is 0.494 e. The van der Waals surface area contributed by atoms with E-state index in [0.717, 1.165) is 30.1 Å². The van der Waals surface area contributed by atoms with E-state index in [4.69, 9.17) is 14.2 Å². The SMILES string of the molecule is CCOC(=C1CC1)C1COc2cc(C)ccc2O1. The first kappa shape index (κ1) is 11.5. The molecule has 3 rings (SSSR count). The third-order valence-corrected chi connectivity index (χ3v) is 3.20. The number of hydrogen-bond donors (Lipinski definition) is 0. The third-order valence-electron chi connectivity index (χ3n) is 3.20. The Hall–Kier alpha value is -1.64. The molecule has 1 saturated carbocycles. The van der Waals surface area contributed by atoms with Gasteiger partial charge in [0, 0.05) is 0 Å². The lowest BCUT2D eigenvalue weighted by molar-refractivity contribution is 0.0607. The summed E-state index contributed by atoms with van der Waals surface area (Å²) in [6.07, 6.45) is 2.18. The second kappa shape index (κ2) is 4.56. The zero-order valence-corrected chi connectivity index (χ0v) is 10.9. The second-order valence-electron chi connectivity index (χ2n) is 4.77. The molecule has 0 bridgehead atoms. The van der Waals surface area contributed by atoms with E-state index in [1.165, 1.54) is 11.1 Å². The Bertz CT molecular complexity index is 485. The van der Waals surface area contributed by atoms with Crippen molar-refractivity contribution in [2.45, 2.75) is 32.8 Å². The highest BCUT2D eigenvalue weighted by atomic mass is 16.6. The molecular formula is C15H18O3. The second-order valence-corrected chi connectivity index (χ2v) is 4.77. The quantitative estimate of drug-likeness (QED) is 0.766. The van der Waals surface area contributed by atoms with Crippen LogP contribution in [-0.2, 0) is 4.74 Å². The molecule has 1 heterocycles. The van der Waals surface area contributed by atoms with Crippen molar-refractivity contribution < 1.29 is 14.2 Å². The van der Waals surface area contributed by atoms with Crippen LogP contribution < -0.4 is 9.47 Å². The first-order chi connectivity index (χ1) is 8.78. The van der Waals surface area contributed by atoms with E-state index in [1.54, 1.807) is 0 Å². The van der Waals surface area contributed by atoms with Gasteiger partial charge in [-0.3, -0.25) is 0 Å². The lowest BCUT2D eigenvalue weighted by atomic mass is 10.2. The van der Waals surface area contributed by atoms with E-state index in [0.29, 0.717) is 13.2 Å². The predicted octanol–water partition coefficient (Wildman–Crippen LogP) is 3.22. The summed E-state index contributed by atoms with van der Waals surface area (Å²) in [6.45, 7) is 5.27. The average Bonchev–Trinajstić information content (AvgIpc) is 3.20. The Morgan fingerprint density at radius 1 is 1.33 bits per heavy atom. The molecule has 0 aromatic heterocycles. The van der Waals surface area contributed by atoms with Crippen LogP contribution in [0.15, 0.2) is 29.5 Å². The molecule has 0 saturated heterocycles. The van der Waals surface area contributed by atoms with Gasteiger partial charge < -0.3 is 14.2 Å². The minimum atomic E-state index is -0.0855. The summed E-state index contributed by atoms with van der Waals surface area (Å²) in [5.41, 5.74) is 2.56. The number of fused-ring (bicyclic) bond motifs is 1. The Morgan fingerprint density at radius 3 is 2.89 bits per heavy atom. The molecule has 96 valence electrons. The van der Waals surface area contributed by atoms with E-state index < -0.39 is 0 Å². The summed E-state index contributed by atoms with van der Waals surface area (Å²) in [5, 5.41) is 0. The van der Waals surface area contributed by atoms with Gasteiger partial charge in [0.25, 0.3) is 0 Å². The van der Waals surface area contributed by atoms with Gasteiger partial charge in [0.15, 0.2) is 17.6 Å². The smallest absolute Gasteiger partial charge is 0.189 e. The highest BCUT2D eigenvalue weighted by Gasteiger charge is 2.31. The minimum absolute atomic E-state index is 0.0855. The standard InChI is InChI=1S/C15H18O3/c1-3-16-15(11-5-6-11)14-9-17-13-8-10(2)4-7-12(13)18-14/h4,7-8,14H,3,5-6,9H2,1-2H3. The van der Waals surface area contributed by atoms with Crippen molar-refractivity contribution in [3.63, 3.8) is 0 Å². The Balaban J connectivity index is 1.82. The summed E-state index contributed by atoms with van der Waals surface area (Å²) < 4.78 is 17.5. The van der Waals surface area contributed by atoms with Crippen molar-refractivity contribution >= 4 is 0 Å². The van der Waals surface area contributed by atoms with Crippen LogP contribution in [0.3, 0.4) is 0 Å². The molecule has 0 amide bonds. The molecule has 2 aliphatic rings. The van der Waals surface area contributed by atoms with Crippen molar-refractivity contribution in [2.75, 3.05) is 13.2 Å². The lowest BCUT2D eigenvalue weighted by Gasteiger charge is -2.28. The minimum Gasteiger partial charge on any atom is -0.494 e.